The Hall–Kier alpha value is -1.09. The second-order valence-corrected chi connectivity index (χ2v) is 4.49. The van der Waals surface area contributed by atoms with Crippen molar-refractivity contribution >= 4 is 5.69 Å². The zero-order valence-corrected chi connectivity index (χ0v) is 9.46. The minimum absolute atomic E-state index is 0.520. The molecule has 1 aliphatic carbocycles. The van der Waals surface area contributed by atoms with E-state index in [1.165, 1.54) is 24.1 Å². The molecule has 0 spiro atoms. The molecule has 2 rings (SSSR count). The summed E-state index contributed by atoms with van der Waals surface area (Å²) in [6.07, 6.45) is 6.38. The first-order valence-electron chi connectivity index (χ1n) is 5.68. The standard InChI is InChI=1S/C12H19N3/c1-9(2)14-7-10-5-6-13-8-12(10)15-11-3-4-11/h5-6,8-9,11,14-15H,3-4,7H2,1-2H3. The Morgan fingerprint density at radius 2 is 2.27 bits per heavy atom. The predicted molar refractivity (Wildman–Crippen MR) is 62.9 cm³/mol. The third-order valence-electron chi connectivity index (χ3n) is 2.55. The van der Waals surface area contributed by atoms with E-state index in [4.69, 9.17) is 0 Å². The van der Waals surface area contributed by atoms with E-state index in [0.717, 1.165) is 6.54 Å². The molecule has 2 N–H and O–H groups in total. The van der Waals surface area contributed by atoms with E-state index in [1.54, 1.807) is 0 Å². The zero-order valence-electron chi connectivity index (χ0n) is 9.46. The Balaban J connectivity index is 1.99. The van der Waals surface area contributed by atoms with E-state index >= 15 is 0 Å². The van der Waals surface area contributed by atoms with Crippen molar-refractivity contribution < 1.29 is 0 Å². The topological polar surface area (TPSA) is 37.0 Å². The van der Waals surface area contributed by atoms with Crippen molar-refractivity contribution in [2.24, 2.45) is 0 Å². The lowest BCUT2D eigenvalue weighted by molar-refractivity contribution is 0.589. The molecule has 1 heterocycles. The molecule has 1 aliphatic rings. The van der Waals surface area contributed by atoms with Crippen LogP contribution >= 0.6 is 0 Å². The van der Waals surface area contributed by atoms with Gasteiger partial charge in [0, 0.05) is 24.8 Å². The van der Waals surface area contributed by atoms with Gasteiger partial charge in [0.1, 0.15) is 0 Å². The van der Waals surface area contributed by atoms with Crippen molar-refractivity contribution in [1.82, 2.24) is 10.3 Å². The highest BCUT2D eigenvalue weighted by molar-refractivity contribution is 5.50. The summed E-state index contributed by atoms with van der Waals surface area (Å²) < 4.78 is 0. The normalized spacial score (nSPS) is 15.7. The Morgan fingerprint density at radius 1 is 1.47 bits per heavy atom. The van der Waals surface area contributed by atoms with Crippen molar-refractivity contribution in [2.45, 2.75) is 45.3 Å². The summed E-state index contributed by atoms with van der Waals surface area (Å²) in [6.45, 7) is 5.24. The molecular weight excluding hydrogens is 186 g/mol. The average Bonchev–Trinajstić information content (AvgIpc) is 3.00. The van der Waals surface area contributed by atoms with Crippen LogP contribution in [0.2, 0.25) is 0 Å². The highest BCUT2D eigenvalue weighted by Gasteiger charge is 2.21. The number of aromatic nitrogens is 1. The fraction of sp³-hybridized carbons (Fsp3) is 0.583. The number of pyridine rings is 1. The Bertz CT molecular complexity index is 318. The summed E-state index contributed by atoms with van der Waals surface area (Å²) in [5, 5.41) is 6.93. The van der Waals surface area contributed by atoms with Crippen LogP contribution < -0.4 is 10.6 Å². The molecule has 82 valence electrons. The summed E-state index contributed by atoms with van der Waals surface area (Å²) in [6, 6.07) is 3.29. The van der Waals surface area contributed by atoms with Gasteiger partial charge < -0.3 is 10.6 Å². The lowest BCUT2D eigenvalue weighted by Gasteiger charge is -2.13. The molecule has 0 aromatic carbocycles. The summed E-state index contributed by atoms with van der Waals surface area (Å²) in [5.74, 6) is 0. The summed E-state index contributed by atoms with van der Waals surface area (Å²) in [5.41, 5.74) is 2.50. The molecule has 3 heteroatoms. The molecular formula is C12H19N3. The highest BCUT2D eigenvalue weighted by atomic mass is 15.0. The monoisotopic (exact) mass is 205 g/mol. The third kappa shape index (κ3) is 3.20. The van der Waals surface area contributed by atoms with E-state index in [-0.39, 0.29) is 0 Å². The minimum Gasteiger partial charge on any atom is -0.381 e. The molecule has 1 saturated carbocycles. The molecule has 0 aliphatic heterocycles. The maximum absolute atomic E-state index is 4.16. The van der Waals surface area contributed by atoms with E-state index < -0.39 is 0 Å². The van der Waals surface area contributed by atoms with Gasteiger partial charge in [0.15, 0.2) is 0 Å². The van der Waals surface area contributed by atoms with Gasteiger partial charge >= 0.3 is 0 Å². The van der Waals surface area contributed by atoms with Gasteiger partial charge in [-0.15, -0.1) is 0 Å². The number of nitrogens with one attached hydrogen (secondary N) is 2. The first-order valence-corrected chi connectivity index (χ1v) is 5.68. The van der Waals surface area contributed by atoms with Gasteiger partial charge in [-0.05, 0) is 24.5 Å². The van der Waals surface area contributed by atoms with Crippen LogP contribution in [0.1, 0.15) is 32.3 Å². The molecule has 0 radical (unpaired) electrons. The molecule has 0 atom stereocenters. The molecule has 0 bridgehead atoms. The molecule has 0 unspecified atom stereocenters. The van der Waals surface area contributed by atoms with Gasteiger partial charge in [0.05, 0.1) is 11.9 Å². The Kier molecular flexibility index (Phi) is 3.21. The number of hydrogen-bond acceptors (Lipinski definition) is 3. The zero-order chi connectivity index (χ0) is 10.7. The van der Waals surface area contributed by atoms with Crippen molar-refractivity contribution in [3.8, 4) is 0 Å². The van der Waals surface area contributed by atoms with Gasteiger partial charge in [-0.3, -0.25) is 4.98 Å². The molecule has 15 heavy (non-hydrogen) atoms. The van der Waals surface area contributed by atoms with Crippen LogP contribution in [-0.2, 0) is 6.54 Å². The van der Waals surface area contributed by atoms with Crippen molar-refractivity contribution in [3.05, 3.63) is 24.0 Å². The summed E-state index contributed by atoms with van der Waals surface area (Å²) >= 11 is 0. The van der Waals surface area contributed by atoms with Crippen LogP contribution in [-0.4, -0.2) is 17.1 Å². The van der Waals surface area contributed by atoms with Gasteiger partial charge in [-0.2, -0.15) is 0 Å². The van der Waals surface area contributed by atoms with Gasteiger partial charge in [-0.1, -0.05) is 13.8 Å². The van der Waals surface area contributed by atoms with Crippen LogP contribution in [0.25, 0.3) is 0 Å². The Labute approximate surface area is 91.3 Å². The first kappa shape index (κ1) is 10.4. The molecule has 1 fully saturated rings. The molecule has 3 nitrogen and oxygen atoms in total. The van der Waals surface area contributed by atoms with Gasteiger partial charge in [0.25, 0.3) is 0 Å². The largest absolute Gasteiger partial charge is 0.381 e. The van der Waals surface area contributed by atoms with E-state index in [9.17, 15) is 0 Å². The quantitative estimate of drug-likeness (QED) is 0.773. The summed E-state index contributed by atoms with van der Waals surface area (Å²) in [4.78, 5) is 4.16. The molecule has 1 aromatic heterocycles. The first-order chi connectivity index (χ1) is 7.25. The van der Waals surface area contributed by atoms with E-state index in [0.29, 0.717) is 12.1 Å². The van der Waals surface area contributed by atoms with Crippen LogP contribution in [0.3, 0.4) is 0 Å². The van der Waals surface area contributed by atoms with Crippen LogP contribution in [0, 0.1) is 0 Å². The third-order valence-corrected chi connectivity index (χ3v) is 2.55. The molecule has 0 saturated heterocycles. The fourth-order valence-electron chi connectivity index (χ4n) is 1.47. The van der Waals surface area contributed by atoms with Gasteiger partial charge in [0.2, 0.25) is 0 Å². The smallest absolute Gasteiger partial charge is 0.0574 e. The number of anilines is 1. The second-order valence-electron chi connectivity index (χ2n) is 4.49. The van der Waals surface area contributed by atoms with E-state index in [1.807, 2.05) is 12.4 Å². The van der Waals surface area contributed by atoms with E-state index in [2.05, 4.69) is 35.5 Å². The lowest BCUT2D eigenvalue weighted by Crippen LogP contribution is -2.22. The number of hydrogen-bond donors (Lipinski definition) is 2. The molecule has 0 amide bonds. The maximum atomic E-state index is 4.16. The van der Waals surface area contributed by atoms with Crippen LogP contribution in [0.4, 0.5) is 5.69 Å². The predicted octanol–water partition coefficient (Wildman–Crippen LogP) is 2.15. The van der Waals surface area contributed by atoms with Crippen molar-refractivity contribution in [3.63, 3.8) is 0 Å². The fourth-order valence-corrected chi connectivity index (χ4v) is 1.47. The summed E-state index contributed by atoms with van der Waals surface area (Å²) in [7, 11) is 0. The average molecular weight is 205 g/mol. The number of nitrogens with zero attached hydrogens (tertiary/aromatic N) is 1. The van der Waals surface area contributed by atoms with Crippen LogP contribution in [0.15, 0.2) is 18.5 Å². The minimum atomic E-state index is 0.520. The van der Waals surface area contributed by atoms with Crippen LogP contribution in [0.5, 0.6) is 0 Å². The lowest BCUT2D eigenvalue weighted by atomic mass is 10.2. The Morgan fingerprint density at radius 3 is 2.93 bits per heavy atom. The van der Waals surface area contributed by atoms with Crippen molar-refractivity contribution in [1.29, 1.82) is 0 Å². The maximum Gasteiger partial charge on any atom is 0.0574 e. The molecule has 1 aromatic rings. The SMILES string of the molecule is CC(C)NCc1ccncc1NC1CC1. The van der Waals surface area contributed by atoms with Gasteiger partial charge in [-0.25, -0.2) is 0 Å². The van der Waals surface area contributed by atoms with Crippen molar-refractivity contribution in [2.75, 3.05) is 5.32 Å². The second kappa shape index (κ2) is 4.62. The number of rotatable bonds is 5. The highest BCUT2D eigenvalue weighted by Crippen LogP contribution is 2.26.